The molecule has 0 bridgehead atoms. The normalized spacial score (nSPS) is 16.1. The van der Waals surface area contributed by atoms with Crippen LogP contribution in [0.5, 0.6) is 0 Å². The number of hydrogen-bond acceptors (Lipinski definition) is 0. The van der Waals surface area contributed by atoms with Crippen LogP contribution in [-0.2, 0) is 0 Å². The minimum absolute atomic E-state index is 0.524. The van der Waals surface area contributed by atoms with E-state index in [0.717, 1.165) is 57.8 Å². The van der Waals surface area contributed by atoms with E-state index >= 15 is 0 Å². The molecule has 1 aromatic carbocycles. The van der Waals surface area contributed by atoms with Crippen molar-refractivity contribution in [2.45, 2.75) is 77.6 Å². The Morgan fingerprint density at radius 1 is 0.639 bits per heavy atom. The van der Waals surface area contributed by atoms with Crippen molar-refractivity contribution < 1.29 is 0 Å². The Labute approximate surface area is 224 Å². The van der Waals surface area contributed by atoms with Crippen LogP contribution in [-0.4, -0.2) is 0 Å². The molecule has 0 heteroatoms. The van der Waals surface area contributed by atoms with Gasteiger partial charge in [0.2, 0.25) is 0 Å². The van der Waals surface area contributed by atoms with Gasteiger partial charge in [0.1, 0.15) is 0 Å². The molecular weight excluding hydrogens is 432 g/mol. The second-order valence-corrected chi connectivity index (χ2v) is 10.2. The van der Waals surface area contributed by atoms with E-state index < -0.39 is 0 Å². The van der Waals surface area contributed by atoms with Crippen molar-refractivity contribution in [2.24, 2.45) is 23.7 Å². The predicted octanol–water partition coefficient (Wildman–Crippen LogP) is 11.2. The van der Waals surface area contributed by atoms with Gasteiger partial charge in [0.05, 0.1) is 0 Å². The maximum atomic E-state index is 4.16. The number of benzene rings is 1. The zero-order valence-electron chi connectivity index (χ0n) is 23.2. The number of allylic oxidation sites excluding steroid dienone is 10. The largest absolute Gasteiger partial charge is 0.103 e. The van der Waals surface area contributed by atoms with Crippen LogP contribution in [0.25, 0.3) is 0 Å². The van der Waals surface area contributed by atoms with Crippen LogP contribution in [0.1, 0.15) is 83.1 Å². The summed E-state index contributed by atoms with van der Waals surface area (Å²) in [6, 6.07) is 11.0. The lowest BCUT2D eigenvalue weighted by atomic mass is 9.84. The Morgan fingerprint density at radius 2 is 1.22 bits per heavy atom. The first-order chi connectivity index (χ1) is 17.6. The standard InChI is InChI=1S/C36H52/c1-7-12-23-32(9-3)29-33(10-4)24-18-14-21-28-36(35-26-19-15-20-27-35)30-34(11-5)25-17-13-16-22-31(6)8-2/h7-16,19-21,26-27,31-34,36H,2-5,17-18,22-25,28-30H2,1,6H3/b12-7+,16-13+,21-14+. The molecule has 0 N–H and O–H groups in total. The maximum absolute atomic E-state index is 4.16. The van der Waals surface area contributed by atoms with Crippen molar-refractivity contribution in [1.29, 1.82) is 0 Å². The summed E-state index contributed by atoms with van der Waals surface area (Å²) in [6.07, 6.45) is 32.3. The molecule has 0 aliphatic carbocycles. The van der Waals surface area contributed by atoms with Gasteiger partial charge in [0.25, 0.3) is 0 Å². The molecule has 5 atom stereocenters. The zero-order valence-corrected chi connectivity index (χ0v) is 23.2. The lowest BCUT2D eigenvalue weighted by Gasteiger charge is -2.21. The molecule has 0 saturated carbocycles. The van der Waals surface area contributed by atoms with Crippen LogP contribution >= 0.6 is 0 Å². The second-order valence-electron chi connectivity index (χ2n) is 10.2. The van der Waals surface area contributed by atoms with Gasteiger partial charge in [-0.05, 0) is 99.9 Å². The van der Waals surface area contributed by atoms with Crippen LogP contribution in [0.4, 0.5) is 0 Å². The maximum Gasteiger partial charge on any atom is -0.0122 e. The lowest BCUT2D eigenvalue weighted by Crippen LogP contribution is -2.06. The Bertz CT molecular complexity index is 806. The Kier molecular flexibility index (Phi) is 18.0. The van der Waals surface area contributed by atoms with E-state index in [1.807, 2.05) is 6.08 Å². The molecule has 0 heterocycles. The van der Waals surface area contributed by atoms with Gasteiger partial charge in [-0.3, -0.25) is 0 Å². The van der Waals surface area contributed by atoms with Crippen molar-refractivity contribution in [3.63, 3.8) is 0 Å². The monoisotopic (exact) mass is 484 g/mol. The number of hydrogen-bond donors (Lipinski definition) is 0. The third-order valence-corrected chi connectivity index (χ3v) is 7.21. The molecule has 0 nitrogen and oxygen atoms in total. The first-order valence-electron chi connectivity index (χ1n) is 14.0. The molecule has 36 heavy (non-hydrogen) atoms. The Hall–Kier alpha value is -2.60. The molecule has 0 saturated heterocycles. The molecule has 0 aliphatic rings. The van der Waals surface area contributed by atoms with E-state index in [1.54, 1.807) is 0 Å². The summed E-state index contributed by atoms with van der Waals surface area (Å²) in [5.74, 6) is 2.68. The van der Waals surface area contributed by atoms with Gasteiger partial charge in [-0.15, -0.1) is 26.3 Å². The first kappa shape index (κ1) is 31.4. The molecular formula is C36H52. The quantitative estimate of drug-likeness (QED) is 0.152. The van der Waals surface area contributed by atoms with Gasteiger partial charge in [0.15, 0.2) is 0 Å². The summed E-state index contributed by atoms with van der Waals surface area (Å²) in [4.78, 5) is 0. The Morgan fingerprint density at radius 3 is 1.78 bits per heavy atom. The fourth-order valence-corrected chi connectivity index (χ4v) is 4.64. The van der Waals surface area contributed by atoms with Gasteiger partial charge < -0.3 is 0 Å². The molecule has 0 amide bonds. The highest BCUT2D eigenvalue weighted by molar-refractivity contribution is 5.21. The van der Waals surface area contributed by atoms with Crippen LogP contribution < -0.4 is 0 Å². The summed E-state index contributed by atoms with van der Waals surface area (Å²) in [5.41, 5.74) is 1.44. The molecule has 0 aromatic heterocycles. The minimum atomic E-state index is 0.524. The molecule has 1 aromatic rings. The predicted molar refractivity (Wildman–Crippen MR) is 164 cm³/mol. The van der Waals surface area contributed by atoms with Gasteiger partial charge >= 0.3 is 0 Å². The van der Waals surface area contributed by atoms with Crippen LogP contribution in [0.2, 0.25) is 0 Å². The van der Waals surface area contributed by atoms with E-state index in [0.29, 0.717) is 29.6 Å². The summed E-state index contributed by atoms with van der Waals surface area (Å²) in [5, 5.41) is 0. The molecule has 196 valence electrons. The van der Waals surface area contributed by atoms with E-state index in [2.05, 4.69) is 125 Å². The third kappa shape index (κ3) is 14.1. The van der Waals surface area contributed by atoms with Crippen LogP contribution in [0, 0.1) is 23.7 Å². The molecule has 0 spiro atoms. The molecule has 0 aliphatic heterocycles. The fourth-order valence-electron chi connectivity index (χ4n) is 4.64. The molecule has 1 rings (SSSR count). The van der Waals surface area contributed by atoms with Crippen molar-refractivity contribution in [3.8, 4) is 0 Å². The van der Waals surface area contributed by atoms with E-state index in [9.17, 15) is 0 Å². The van der Waals surface area contributed by atoms with E-state index in [-0.39, 0.29) is 0 Å². The third-order valence-electron chi connectivity index (χ3n) is 7.21. The molecule has 5 unspecified atom stereocenters. The highest BCUT2D eigenvalue weighted by Crippen LogP contribution is 2.31. The Balaban J connectivity index is 2.63. The zero-order chi connectivity index (χ0) is 26.4. The van der Waals surface area contributed by atoms with Gasteiger partial charge in [-0.1, -0.05) is 98.0 Å². The van der Waals surface area contributed by atoms with Crippen molar-refractivity contribution in [2.75, 3.05) is 0 Å². The van der Waals surface area contributed by atoms with Crippen molar-refractivity contribution in [1.82, 2.24) is 0 Å². The molecule has 0 fully saturated rings. The van der Waals surface area contributed by atoms with Crippen LogP contribution in [0.15, 0.2) is 117 Å². The topological polar surface area (TPSA) is 0 Å². The van der Waals surface area contributed by atoms with E-state index in [1.165, 1.54) is 5.56 Å². The van der Waals surface area contributed by atoms with E-state index in [4.69, 9.17) is 0 Å². The summed E-state index contributed by atoms with van der Waals surface area (Å²) in [6.45, 7) is 20.4. The highest BCUT2D eigenvalue weighted by atomic mass is 14.2. The fraction of sp³-hybridized carbons (Fsp3) is 0.444. The summed E-state index contributed by atoms with van der Waals surface area (Å²) >= 11 is 0. The smallest absolute Gasteiger partial charge is 0.0122 e. The van der Waals surface area contributed by atoms with Gasteiger partial charge in [-0.25, -0.2) is 0 Å². The first-order valence-corrected chi connectivity index (χ1v) is 14.0. The van der Waals surface area contributed by atoms with Gasteiger partial charge in [-0.2, -0.15) is 0 Å². The summed E-state index contributed by atoms with van der Waals surface area (Å²) < 4.78 is 0. The van der Waals surface area contributed by atoms with Crippen molar-refractivity contribution >= 4 is 0 Å². The minimum Gasteiger partial charge on any atom is -0.103 e. The molecule has 0 radical (unpaired) electrons. The number of rotatable bonds is 21. The lowest BCUT2D eigenvalue weighted by molar-refractivity contribution is 0.463. The van der Waals surface area contributed by atoms with Crippen molar-refractivity contribution in [3.05, 3.63) is 123 Å². The average molecular weight is 485 g/mol. The second kappa shape index (κ2) is 20.6. The highest BCUT2D eigenvalue weighted by Gasteiger charge is 2.15. The van der Waals surface area contributed by atoms with Gasteiger partial charge in [0, 0.05) is 0 Å². The SMILES string of the molecule is C=CC(C)C/C=C/CCC(C=C)CC(C/C=C/CCC(C=C)CC(C=C)C/C=C/C)c1ccccc1. The average Bonchev–Trinajstić information content (AvgIpc) is 2.92. The summed E-state index contributed by atoms with van der Waals surface area (Å²) in [7, 11) is 0. The van der Waals surface area contributed by atoms with Crippen LogP contribution in [0.3, 0.4) is 0 Å².